The summed E-state index contributed by atoms with van der Waals surface area (Å²) in [5.74, 6) is 1.49. The fourth-order valence-corrected chi connectivity index (χ4v) is 3.21. The first kappa shape index (κ1) is 15.7. The molecule has 0 aliphatic carbocycles. The highest BCUT2D eigenvalue weighted by atomic mass is 16.5. The molecule has 6 heteroatoms. The molecule has 1 aliphatic heterocycles. The molecular formula is C19H20N4O2. The Kier molecular flexibility index (Phi) is 3.89. The molecule has 128 valence electrons. The van der Waals surface area contributed by atoms with Crippen molar-refractivity contribution >= 4 is 16.9 Å². The van der Waals surface area contributed by atoms with Gasteiger partial charge in [0.15, 0.2) is 0 Å². The molecule has 0 atom stereocenters. The zero-order chi connectivity index (χ0) is 17.4. The largest absolute Gasteiger partial charge is 0.497 e. The lowest BCUT2D eigenvalue weighted by Gasteiger charge is -2.07. The first-order valence-electron chi connectivity index (χ1n) is 8.26. The van der Waals surface area contributed by atoms with Gasteiger partial charge in [-0.15, -0.1) is 0 Å². The fraction of sp³-hybridized carbons (Fsp3) is 0.263. The lowest BCUT2D eigenvalue weighted by atomic mass is 10.1. The molecule has 0 saturated heterocycles. The van der Waals surface area contributed by atoms with Crippen LogP contribution in [0.5, 0.6) is 5.75 Å². The van der Waals surface area contributed by atoms with E-state index in [1.165, 1.54) is 11.1 Å². The standard InChI is InChI=1S/C19H20N4O2/c1-23-17-6-5-15(25-2)8-16(17)22-18(23)11-21-19(24)12-3-4-13-9-20-10-14(13)7-12/h3-8,20H,9-11H2,1-2H3,(H,21,24). The third-order valence-electron chi connectivity index (χ3n) is 4.69. The van der Waals surface area contributed by atoms with Gasteiger partial charge in [0.1, 0.15) is 11.6 Å². The molecule has 2 aromatic carbocycles. The SMILES string of the molecule is COc1ccc2c(c1)nc(CNC(=O)c1ccc3c(c1)CNC3)n2C. The number of hydrogen-bond donors (Lipinski definition) is 2. The molecule has 0 fully saturated rings. The van der Waals surface area contributed by atoms with Gasteiger partial charge in [0.2, 0.25) is 0 Å². The number of carbonyl (C=O) groups excluding carboxylic acids is 1. The number of benzene rings is 2. The number of nitrogens with one attached hydrogen (secondary N) is 2. The smallest absolute Gasteiger partial charge is 0.251 e. The van der Waals surface area contributed by atoms with Gasteiger partial charge in [-0.1, -0.05) is 6.07 Å². The van der Waals surface area contributed by atoms with E-state index >= 15 is 0 Å². The van der Waals surface area contributed by atoms with Crippen molar-refractivity contribution in [1.82, 2.24) is 20.2 Å². The van der Waals surface area contributed by atoms with Crippen molar-refractivity contribution in [3.63, 3.8) is 0 Å². The Morgan fingerprint density at radius 3 is 2.92 bits per heavy atom. The Bertz CT molecular complexity index is 961. The number of imidazole rings is 1. The maximum atomic E-state index is 12.5. The number of hydrogen-bond acceptors (Lipinski definition) is 4. The first-order valence-corrected chi connectivity index (χ1v) is 8.26. The molecule has 2 N–H and O–H groups in total. The lowest BCUT2D eigenvalue weighted by Crippen LogP contribution is -2.24. The molecule has 1 amide bonds. The normalized spacial score (nSPS) is 13.0. The van der Waals surface area contributed by atoms with Crippen molar-refractivity contribution in [3.8, 4) is 5.75 Å². The summed E-state index contributed by atoms with van der Waals surface area (Å²) in [6.07, 6.45) is 0. The number of amides is 1. The maximum Gasteiger partial charge on any atom is 0.251 e. The van der Waals surface area contributed by atoms with Crippen LogP contribution in [-0.4, -0.2) is 22.6 Å². The van der Waals surface area contributed by atoms with Crippen LogP contribution in [-0.2, 0) is 26.7 Å². The quantitative estimate of drug-likeness (QED) is 0.766. The van der Waals surface area contributed by atoms with E-state index in [0.717, 1.165) is 35.7 Å². The minimum atomic E-state index is -0.0839. The number of ether oxygens (including phenoxy) is 1. The van der Waals surface area contributed by atoms with Crippen molar-refractivity contribution in [2.24, 2.45) is 7.05 Å². The minimum Gasteiger partial charge on any atom is -0.497 e. The predicted molar refractivity (Wildman–Crippen MR) is 95.4 cm³/mol. The number of methoxy groups -OCH3 is 1. The van der Waals surface area contributed by atoms with Gasteiger partial charge < -0.3 is 19.9 Å². The molecule has 3 aromatic rings. The number of carbonyl (C=O) groups is 1. The second kappa shape index (κ2) is 6.22. The topological polar surface area (TPSA) is 68.2 Å². The van der Waals surface area contributed by atoms with Crippen LogP contribution in [0.1, 0.15) is 27.3 Å². The van der Waals surface area contributed by atoms with Crippen LogP contribution < -0.4 is 15.4 Å². The number of nitrogens with zero attached hydrogens (tertiary/aromatic N) is 2. The highest BCUT2D eigenvalue weighted by molar-refractivity contribution is 5.94. The number of aromatic nitrogens is 2. The van der Waals surface area contributed by atoms with Crippen LogP contribution in [0, 0.1) is 0 Å². The summed E-state index contributed by atoms with van der Waals surface area (Å²) >= 11 is 0. The summed E-state index contributed by atoms with van der Waals surface area (Å²) in [6, 6.07) is 11.6. The van der Waals surface area contributed by atoms with E-state index in [4.69, 9.17) is 4.74 Å². The van der Waals surface area contributed by atoms with Crippen LogP contribution in [0.25, 0.3) is 11.0 Å². The third-order valence-corrected chi connectivity index (χ3v) is 4.69. The summed E-state index contributed by atoms with van der Waals surface area (Å²) in [6.45, 7) is 2.07. The number of rotatable bonds is 4. The van der Waals surface area contributed by atoms with Crippen LogP contribution in [0.4, 0.5) is 0 Å². The minimum absolute atomic E-state index is 0.0839. The molecule has 0 unspecified atom stereocenters. The Balaban J connectivity index is 1.52. The molecule has 6 nitrogen and oxygen atoms in total. The molecular weight excluding hydrogens is 316 g/mol. The van der Waals surface area contributed by atoms with Gasteiger partial charge in [-0.2, -0.15) is 0 Å². The highest BCUT2D eigenvalue weighted by Gasteiger charge is 2.14. The van der Waals surface area contributed by atoms with Gasteiger partial charge in [-0.05, 0) is 35.4 Å². The van der Waals surface area contributed by atoms with Crippen molar-refractivity contribution in [2.45, 2.75) is 19.6 Å². The lowest BCUT2D eigenvalue weighted by molar-refractivity contribution is 0.0949. The Hall–Kier alpha value is -2.86. The monoisotopic (exact) mass is 336 g/mol. The summed E-state index contributed by atoms with van der Waals surface area (Å²) in [5, 5.41) is 6.25. The van der Waals surface area contributed by atoms with Crippen LogP contribution >= 0.6 is 0 Å². The summed E-state index contributed by atoms with van der Waals surface area (Å²) in [5.41, 5.74) is 5.01. The molecule has 1 aliphatic rings. The molecule has 0 bridgehead atoms. The van der Waals surface area contributed by atoms with Gasteiger partial charge in [-0.25, -0.2) is 4.98 Å². The van der Waals surface area contributed by atoms with E-state index in [-0.39, 0.29) is 5.91 Å². The molecule has 0 saturated carbocycles. The second-order valence-electron chi connectivity index (χ2n) is 6.21. The molecule has 2 heterocycles. The molecule has 1 aromatic heterocycles. The maximum absolute atomic E-state index is 12.5. The Labute approximate surface area is 145 Å². The van der Waals surface area contributed by atoms with E-state index in [9.17, 15) is 4.79 Å². The fourth-order valence-electron chi connectivity index (χ4n) is 3.21. The van der Waals surface area contributed by atoms with Crippen molar-refractivity contribution in [1.29, 1.82) is 0 Å². The van der Waals surface area contributed by atoms with Gasteiger partial charge in [0.05, 0.1) is 24.7 Å². The van der Waals surface area contributed by atoms with E-state index in [1.54, 1.807) is 7.11 Å². The summed E-state index contributed by atoms with van der Waals surface area (Å²) < 4.78 is 7.23. The van der Waals surface area contributed by atoms with E-state index in [0.29, 0.717) is 12.1 Å². The number of fused-ring (bicyclic) bond motifs is 2. The van der Waals surface area contributed by atoms with Crippen LogP contribution in [0.3, 0.4) is 0 Å². The Morgan fingerprint density at radius 1 is 1.24 bits per heavy atom. The van der Waals surface area contributed by atoms with Gasteiger partial charge >= 0.3 is 0 Å². The average Bonchev–Trinajstić information content (AvgIpc) is 3.23. The summed E-state index contributed by atoms with van der Waals surface area (Å²) in [7, 11) is 3.59. The first-order chi connectivity index (χ1) is 12.2. The molecule has 4 rings (SSSR count). The van der Waals surface area contributed by atoms with Gasteiger partial charge in [0, 0.05) is 31.8 Å². The predicted octanol–water partition coefficient (Wildman–Crippen LogP) is 2.12. The number of aryl methyl sites for hydroxylation is 1. The summed E-state index contributed by atoms with van der Waals surface area (Å²) in [4.78, 5) is 17.1. The van der Waals surface area contributed by atoms with Crippen molar-refractivity contribution in [2.75, 3.05) is 7.11 Å². The van der Waals surface area contributed by atoms with Crippen LogP contribution in [0.15, 0.2) is 36.4 Å². The average molecular weight is 336 g/mol. The second-order valence-corrected chi connectivity index (χ2v) is 6.21. The van der Waals surface area contributed by atoms with Gasteiger partial charge in [0.25, 0.3) is 5.91 Å². The van der Waals surface area contributed by atoms with E-state index in [2.05, 4.69) is 15.6 Å². The molecule has 0 radical (unpaired) electrons. The third kappa shape index (κ3) is 2.85. The van der Waals surface area contributed by atoms with Gasteiger partial charge in [-0.3, -0.25) is 4.79 Å². The van der Waals surface area contributed by atoms with E-state index in [1.807, 2.05) is 48.0 Å². The van der Waals surface area contributed by atoms with Crippen molar-refractivity contribution in [3.05, 3.63) is 58.9 Å². The van der Waals surface area contributed by atoms with Crippen LogP contribution in [0.2, 0.25) is 0 Å². The zero-order valence-corrected chi connectivity index (χ0v) is 14.3. The zero-order valence-electron chi connectivity index (χ0n) is 14.3. The van der Waals surface area contributed by atoms with Crippen molar-refractivity contribution < 1.29 is 9.53 Å². The Morgan fingerprint density at radius 2 is 2.08 bits per heavy atom. The molecule has 0 spiro atoms. The van der Waals surface area contributed by atoms with E-state index < -0.39 is 0 Å². The molecule has 25 heavy (non-hydrogen) atoms. The highest BCUT2D eigenvalue weighted by Crippen LogP contribution is 2.21.